The molecule has 0 aliphatic heterocycles. The number of hydrogen-bond acceptors (Lipinski definition) is 3. The molecule has 1 N–H and O–H groups in total. The fourth-order valence-electron chi connectivity index (χ4n) is 1.56. The van der Waals surface area contributed by atoms with Gasteiger partial charge in [0.2, 0.25) is 0 Å². The van der Waals surface area contributed by atoms with Gasteiger partial charge in [-0.25, -0.2) is 0 Å². The zero-order valence-corrected chi connectivity index (χ0v) is 7.90. The number of hydrogen-bond donors (Lipinski definition) is 1. The lowest BCUT2D eigenvalue weighted by Gasteiger charge is -2.11. The maximum atomic E-state index is 9.90. The SMILES string of the molecule is COc1cnn(C)c1C(O)C1CC1. The van der Waals surface area contributed by atoms with E-state index in [-0.39, 0.29) is 0 Å². The highest BCUT2D eigenvalue weighted by molar-refractivity contribution is 5.28. The third kappa shape index (κ3) is 1.42. The number of nitrogens with zero attached hydrogens (tertiary/aromatic N) is 2. The van der Waals surface area contributed by atoms with Crippen LogP contribution in [0.15, 0.2) is 6.20 Å². The molecule has 2 rings (SSSR count). The van der Waals surface area contributed by atoms with E-state index in [4.69, 9.17) is 4.74 Å². The Morgan fingerprint density at radius 1 is 1.69 bits per heavy atom. The summed E-state index contributed by atoms with van der Waals surface area (Å²) >= 11 is 0. The van der Waals surface area contributed by atoms with Gasteiger partial charge in [-0.2, -0.15) is 5.10 Å². The van der Waals surface area contributed by atoms with Gasteiger partial charge in [0.1, 0.15) is 11.8 Å². The molecule has 1 aromatic heterocycles. The van der Waals surface area contributed by atoms with Crippen molar-refractivity contribution in [2.45, 2.75) is 18.9 Å². The molecule has 1 unspecified atom stereocenters. The van der Waals surface area contributed by atoms with E-state index >= 15 is 0 Å². The first-order valence-corrected chi connectivity index (χ1v) is 4.48. The van der Waals surface area contributed by atoms with Gasteiger partial charge in [0, 0.05) is 7.05 Å². The predicted molar refractivity (Wildman–Crippen MR) is 47.4 cm³/mol. The van der Waals surface area contributed by atoms with Gasteiger partial charge in [-0.1, -0.05) is 0 Å². The summed E-state index contributed by atoms with van der Waals surface area (Å²) in [5, 5.41) is 14.0. The van der Waals surface area contributed by atoms with Crippen molar-refractivity contribution >= 4 is 0 Å². The number of aromatic nitrogens is 2. The lowest BCUT2D eigenvalue weighted by molar-refractivity contribution is 0.140. The number of ether oxygens (including phenoxy) is 1. The first-order chi connectivity index (χ1) is 6.24. The molecule has 4 heteroatoms. The Bertz CT molecular complexity index is 305. The molecule has 0 amide bonds. The molecule has 1 aliphatic carbocycles. The van der Waals surface area contributed by atoms with Gasteiger partial charge in [-0.05, 0) is 18.8 Å². The van der Waals surface area contributed by atoms with E-state index in [1.165, 1.54) is 0 Å². The minimum atomic E-state index is -0.414. The lowest BCUT2D eigenvalue weighted by atomic mass is 10.1. The van der Waals surface area contributed by atoms with E-state index in [0.717, 1.165) is 18.5 Å². The number of methoxy groups -OCH3 is 1. The van der Waals surface area contributed by atoms with E-state index in [9.17, 15) is 5.11 Å². The predicted octanol–water partition coefficient (Wildman–Crippen LogP) is 0.872. The second kappa shape index (κ2) is 3.03. The van der Waals surface area contributed by atoms with Crippen LogP contribution in [0.3, 0.4) is 0 Å². The average Bonchev–Trinajstić information content (AvgIpc) is 2.89. The van der Waals surface area contributed by atoms with Crippen molar-refractivity contribution in [1.82, 2.24) is 9.78 Å². The summed E-state index contributed by atoms with van der Waals surface area (Å²) < 4.78 is 6.80. The highest BCUT2D eigenvalue weighted by atomic mass is 16.5. The maximum absolute atomic E-state index is 9.90. The first-order valence-electron chi connectivity index (χ1n) is 4.48. The minimum absolute atomic E-state index is 0.407. The van der Waals surface area contributed by atoms with Crippen molar-refractivity contribution in [2.75, 3.05) is 7.11 Å². The van der Waals surface area contributed by atoms with Crippen LogP contribution in [0.1, 0.15) is 24.6 Å². The monoisotopic (exact) mass is 182 g/mol. The molecular formula is C9H14N2O2. The molecular weight excluding hydrogens is 168 g/mol. The summed E-state index contributed by atoms with van der Waals surface area (Å²) in [6, 6.07) is 0. The Balaban J connectivity index is 2.29. The molecule has 0 radical (unpaired) electrons. The summed E-state index contributed by atoms with van der Waals surface area (Å²) in [7, 11) is 3.42. The Labute approximate surface area is 77.1 Å². The topological polar surface area (TPSA) is 47.3 Å². The van der Waals surface area contributed by atoms with Gasteiger partial charge in [0.05, 0.1) is 13.3 Å². The summed E-state index contributed by atoms with van der Waals surface area (Å²) in [5.74, 6) is 1.09. The van der Waals surface area contributed by atoms with Gasteiger partial charge < -0.3 is 9.84 Å². The van der Waals surface area contributed by atoms with Crippen LogP contribution in [0.25, 0.3) is 0 Å². The summed E-state index contributed by atoms with van der Waals surface area (Å²) in [6.07, 6.45) is 3.44. The van der Waals surface area contributed by atoms with Gasteiger partial charge in [0.25, 0.3) is 0 Å². The number of aliphatic hydroxyl groups excluding tert-OH is 1. The third-order valence-corrected chi connectivity index (χ3v) is 2.52. The van der Waals surface area contributed by atoms with Crippen molar-refractivity contribution in [3.05, 3.63) is 11.9 Å². The average molecular weight is 182 g/mol. The number of aliphatic hydroxyl groups is 1. The van der Waals surface area contributed by atoms with Crippen LogP contribution in [0, 0.1) is 5.92 Å². The van der Waals surface area contributed by atoms with Crippen LogP contribution in [0.5, 0.6) is 5.75 Å². The van der Waals surface area contributed by atoms with Gasteiger partial charge in [0.15, 0.2) is 5.75 Å². The van der Waals surface area contributed by atoms with Crippen LogP contribution in [0.2, 0.25) is 0 Å². The zero-order valence-electron chi connectivity index (χ0n) is 7.90. The second-order valence-electron chi connectivity index (χ2n) is 3.50. The van der Waals surface area contributed by atoms with E-state index in [0.29, 0.717) is 11.7 Å². The Morgan fingerprint density at radius 2 is 2.38 bits per heavy atom. The van der Waals surface area contributed by atoms with E-state index < -0.39 is 6.10 Å². The van der Waals surface area contributed by atoms with Crippen molar-refractivity contribution in [1.29, 1.82) is 0 Å². The van der Waals surface area contributed by atoms with Crippen LogP contribution >= 0.6 is 0 Å². The first kappa shape index (κ1) is 8.56. The molecule has 13 heavy (non-hydrogen) atoms. The lowest BCUT2D eigenvalue weighted by Crippen LogP contribution is -2.08. The zero-order chi connectivity index (χ0) is 9.42. The summed E-state index contributed by atoms with van der Waals surface area (Å²) in [4.78, 5) is 0. The van der Waals surface area contributed by atoms with Crippen LogP contribution in [0.4, 0.5) is 0 Å². The molecule has 1 heterocycles. The molecule has 1 atom stereocenters. The molecule has 4 nitrogen and oxygen atoms in total. The molecule has 0 spiro atoms. The van der Waals surface area contributed by atoms with Gasteiger partial charge >= 0.3 is 0 Å². The highest BCUT2D eigenvalue weighted by Crippen LogP contribution is 2.43. The third-order valence-electron chi connectivity index (χ3n) is 2.52. The molecule has 1 aromatic rings. The Kier molecular flexibility index (Phi) is 2.00. The van der Waals surface area contributed by atoms with Gasteiger partial charge in [-0.3, -0.25) is 4.68 Å². The van der Waals surface area contributed by atoms with Crippen LogP contribution < -0.4 is 4.74 Å². The van der Waals surface area contributed by atoms with Crippen LogP contribution in [-0.2, 0) is 7.05 Å². The largest absolute Gasteiger partial charge is 0.493 e. The molecule has 72 valence electrons. The fraction of sp³-hybridized carbons (Fsp3) is 0.667. The summed E-state index contributed by atoms with van der Waals surface area (Å²) in [6.45, 7) is 0. The smallest absolute Gasteiger partial charge is 0.162 e. The maximum Gasteiger partial charge on any atom is 0.162 e. The summed E-state index contributed by atoms with van der Waals surface area (Å²) in [5.41, 5.74) is 0.796. The van der Waals surface area contributed by atoms with Crippen molar-refractivity contribution in [3.63, 3.8) is 0 Å². The van der Waals surface area contributed by atoms with E-state index in [2.05, 4.69) is 5.10 Å². The quantitative estimate of drug-likeness (QED) is 0.754. The minimum Gasteiger partial charge on any atom is -0.493 e. The molecule has 0 aromatic carbocycles. The fourth-order valence-corrected chi connectivity index (χ4v) is 1.56. The van der Waals surface area contributed by atoms with Crippen LogP contribution in [-0.4, -0.2) is 22.0 Å². The van der Waals surface area contributed by atoms with Crippen molar-refractivity contribution in [2.24, 2.45) is 13.0 Å². The van der Waals surface area contributed by atoms with E-state index in [1.54, 1.807) is 18.0 Å². The standard InChI is InChI=1S/C9H14N2O2/c1-11-8(7(13-2)5-10-11)9(12)6-3-4-6/h5-6,9,12H,3-4H2,1-2H3. The van der Waals surface area contributed by atoms with Crippen molar-refractivity contribution in [3.8, 4) is 5.75 Å². The van der Waals surface area contributed by atoms with E-state index in [1.807, 2.05) is 7.05 Å². The van der Waals surface area contributed by atoms with Crippen molar-refractivity contribution < 1.29 is 9.84 Å². The molecule has 1 fully saturated rings. The normalized spacial score (nSPS) is 18.7. The van der Waals surface area contributed by atoms with Gasteiger partial charge in [-0.15, -0.1) is 0 Å². The molecule has 0 bridgehead atoms. The molecule has 1 saturated carbocycles. The number of rotatable bonds is 3. The second-order valence-corrected chi connectivity index (χ2v) is 3.50. The highest BCUT2D eigenvalue weighted by Gasteiger charge is 2.34. The Morgan fingerprint density at radius 3 is 2.92 bits per heavy atom. The molecule has 0 saturated heterocycles. The number of aryl methyl sites for hydroxylation is 1. The molecule has 1 aliphatic rings. The Hall–Kier alpha value is -1.03.